The van der Waals surface area contributed by atoms with Crippen LogP contribution in [0.1, 0.15) is 13.8 Å². The normalized spacial score (nSPS) is 9.62. The fourth-order valence-electron chi connectivity index (χ4n) is 1.81. The Bertz CT molecular complexity index is 500. The molecule has 21 heavy (non-hydrogen) atoms. The molecule has 0 saturated heterocycles. The molecule has 0 spiro atoms. The Morgan fingerprint density at radius 1 is 0.952 bits per heavy atom. The van der Waals surface area contributed by atoms with Gasteiger partial charge in [0.15, 0.2) is 6.71 Å². The van der Waals surface area contributed by atoms with Crippen LogP contribution in [0.15, 0.2) is 48.7 Å². The zero-order chi connectivity index (χ0) is 14.2. The Morgan fingerprint density at radius 3 is 2.29 bits per heavy atom. The number of aromatic nitrogens is 1. The molecule has 112 valence electrons. The fourth-order valence-corrected chi connectivity index (χ4v) is 1.81. The molecule has 0 fully saturated rings. The molecule has 4 heteroatoms. The summed E-state index contributed by atoms with van der Waals surface area (Å²) >= 11 is 0. The highest BCUT2D eigenvalue weighted by atomic mass is 16.5. The minimum absolute atomic E-state index is 0. The predicted molar refractivity (Wildman–Crippen MR) is 90.1 cm³/mol. The molecule has 0 atom stereocenters. The van der Waals surface area contributed by atoms with Crippen LogP contribution in [-0.4, -0.2) is 24.9 Å². The quantitative estimate of drug-likeness (QED) is 0.576. The average molecular weight is 285 g/mol. The van der Waals surface area contributed by atoms with Crippen LogP contribution in [-0.2, 0) is 0 Å². The van der Waals surface area contributed by atoms with Crippen LogP contribution in [0.5, 0.6) is 11.6 Å². The topological polar surface area (TPSA) is 31.4 Å². The first-order chi connectivity index (χ1) is 9.75. The third kappa shape index (κ3) is 5.90. The van der Waals surface area contributed by atoms with Gasteiger partial charge in [-0.2, -0.15) is 0 Å². The van der Waals surface area contributed by atoms with Crippen molar-refractivity contribution in [3.8, 4) is 11.6 Å². The first-order valence-corrected chi connectivity index (χ1v) is 7.02. The van der Waals surface area contributed by atoms with E-state index in [-0.39, 0.29) is 7.43 Å². The number of hydrogen-bond acceptors (Lipinski definition) is 3. The van der Waals surface area contributed by atoms with Gasteiger partial charge < -0.3 is 9.47 Å². The monoisotopic (exact) mass is 285 g/mol. The van der Waals surface area contributed by atoms with Gasteiger partial charge in [-0.15, -0.1) is 0 Å². The number of benzene rings is 1. The first-order valence-electron chi connectivity index (χ1n) is 7.02. The number of pyridine rings is 1. The van der Waals surface area contributed by atoms with Gasteiger partial charge >= 0.3 is 0 Å². The molecule has 0 saturated carbocycles. The van der Waals surface area contributed by atoms with E-state index in [4.69, 9.17) is 9.47 Å². The number of hydrogen-bond donors (Lipinski definition) is 0. The Labute approximate surface area is 128 Å². The standard InChI is InChI=1S/C16H20BNO2.CH4/c1-17(2)14-7-9-15(10-8-14)19-12-5-13-20-16-6-3-4-11-18-16;/h3-4,6-11H,5,12-13H2,1-2H3;1H4. The Morgan fingerprint density at radius 2 is 1.67 bits per heavy atom. The molecule has 2 aromatic rings. The van der Waals surface area contributed by atoms with Crippen molar-refractivity contribution in [3.05, 3.63) is 48.7 Å². The third-order valence-electron chi connectivity index (χ3n) is 2.99. The zero-order valence-electron chi connectivity index (χ0n) is 12.1. The highest BCUT2D eigenvalue weighted by Crippen LogP contribution is 2.09. The van der Waals surface area contributed by atoms with Gasteiger partial charge in [-0.3, -0.25) is 0 Å². The fraction of sp³-hybridized carbons (Fsp3) is 0.353. The van der Waals surface area contributed by atoms with Crippen molar-refractivity contribution < 1.29 is 9.47 Å². The molecule has 0 amide bonds. The van der Waals surface area contributed by atoms with E-state index < -0.39 is 0 Å². The lowest BCUT2D eigenvalue weighted by Gasteiger charge is -2.08. The summed E-state index contributed by atoms with van der Waals surface area (Å²) in [6.07, 6.45) is 2.56. The van der Waals surface area contributed by atoms with E-state index in [9.17, 15) is 0 Å². The van der Waals surface area contributed by atoms with E-state index in [0.717, 1.165) is 12.2 Å². The van der Waals surface area contributed by atoms with Crippen molar-refractivity contribution in [1.29, 1.82) is 0 Å². The van der Waals surface area contributed by atoms with Gasteiger partial charge in [0.05, 0.1) is 13.2 Å². The third-order valence-corrected chi connectivity index (χ3v) is 2.99. The van der Waals surface area contributed by atoms with Crippen molar-refractivity contribution in [2.45, 2.75) is 27.5 Å². The summed E-state index contributed by atoms with van der Waals surface area (Å²) in [7, 11) is 0. The van der Waals surface area contributed by atoms with Crippen molar-refractivity contribution in [2.75, 3.05) is 13.2 Å². The Balaban J connectivity index is 0.00000220. The van der Waals surface area contributed by atoms with E-state index >= 15 is 0 Å². The van der Waals surface area contributed by atoms with Crippen LogP contribution < -0.4 is 14.9 Å². The second kappa shape index (κ2) is 9.06. The molecule has 0 aliphatic carbocycles. The number of ether oxygens (including phenoxy) is 2. The van der Waals surface area contributed by atoms with Gasteiger partial charge in [-0.05, 0) is 18.2 Å². The summed E-state index contributed by atoms with van der Waals surface area (Å²) in [5.41, 5.74) is 1.33. The predicted octanol–water partition coefficient (Wildman–Crippen LogP) is 3.53. The largest absolute Gasteiger partial charge is 0.493 e. The molecule has 0 unspecified atom stereocenters. The molecule has 1 aromatic heterocycles. The van der Waals surface area contributed by atoms with Gasteiger partial charge in [0.25, 0.3) is 0 Å². The van der Waals surface area contributed by atoms with E-state index in [1.54, 1.807) is 6.20 Å². The van der Waals surface area contributed by atoms with Gasteiger partial charge in [0.1, 0.15) is 5.75 Å². The number of nitrogens with zero attached hydrogens (tertiary/aromatic N) is 1. The molecule has 0 radical (unpaired) electrons. The molecule has 1 heterocycles. The minimum atomic E-state index is 0. The summed E-state index contributed by atoms with van der Waals surface area (Å²) in [5, 5.41) is 0. The average Bonchev–Trinajstić information content (AvgIpc) is 2.48. The zero-order valence-corrected chi connectivity index (χ0v) is 12.1. The highest BCUT2D eigenvalue weighted by Gasteiger charge is 2.02. The lowest BCUT2D eigenvalue weighted by atomic mass is 9.49. The van der Waals surface area contributed by atoms with Gasteiger partial charge in [0, 0.05) is 18.7 Å². The molecule has 2 rings (SSSR count). The molecule has 1 aromatic carbocycles. The molecule has 0 aliphatic heterocycles. The van der Waals surface area contributed by atoms with Crippen molar-refractivity contribution in [1.82, 2.24) is 4.98 Å². The van der Waals surface area contributed by atoms with Crippen molar-refractivity contribution in [2.24, 2.45) is 0 Å². The van der Waals surface area contributed by atoms with Crippen LogP contribution in [0.4, 0.5) is 0 Å². The summed E-state index contributed by atoms with van der Waals surface area (Å²) in [6, 6.07) is 13.9. The molecule has 0 aliphatic rings. The van der Waals surface area contributed by atoms with E-state index in [2.05, 4.69) is 30.8 Å². The van der Waals surface area contributed by atoms with E-state index in [1.807, 2.05) is 30.3 Å². The Hall–Kier alpha value is -1.97. The molecule has 0 N–H and O–H groups in total. The minimum Gasteiger partial charge on any atom is -0.493 e. The van der Waals surface area contributed by atoms with Crippen LogP contribution in [0.3, 0.4) is 0 Å². The van der Waals surface area contributed by atoms with Crippen LogP contribution >= 0.6 is 0 Å². The summed E-state index contributed by atoms with van der Waals surface area (Å²) < 4.78 is 11.2. The maximum Gasteiger partial charge on any atom is 0.213 e. The lowest BCUT2D eigenvalue weighted by Crippen LogP contribution is -2.21. The van der Waals surface area contributed by atoms with Crippen molar-refractivity contribution in [3.63, 3.8) is 0 Å². The van der Waals surface area contributed by atoms with Gasteiger partial charge in [-0.25, -0.2) is 4.98 Å². The maximum atomic E-state index is 5.68. The second-order valence-electron chi connectivity index (χ2n) is 4.94. The molecule has 0 bridgehead atoms. The van der Waals surface area contributed by atoms with E-state index in [0.29, 0.717) is 25.8 Å². The molecular weight excluding hydrogens is 261 g/mol. The van der Waals surface area contributed by atoms with Crippen molar-refractivity contribution >= 4 is 12.2 Å². The molecular formula is C17H24BNO2. The lowest BCUT2D eigenvalue weighted by molar-refractivity contribution is 0.242. The van der Waals surface area contributed by atoms with E-state index in [1.165, 1.54) is 5.46 Å². The van der Waals surface area contributed by atoms with Crippen LogP contribution in [0.2, 0.25) is 13.6 Å². The van der Waals surface area contributed by atoms with Gasteiger partial charge in [0.2, 0.25) is 5.88 Å². The van der Waals surface area contributed by atoms with Gasteiger partial charge in [-0.1, -0.05) is 44.7 Å². The summed E-state index contributed by atoms with van der Waals surface area (Å²) in [6.45, 7) is 6.18. The highest BCUT2D eigenvalue weighted by molar-refractivity contribution is 6.70. The number of rotatable bonds is 7. The first kappa shape index (κ1) is 17.1. The van der Waals surface area contributed by atoms with Crippen LogP contribution in [0, 0.1) is 0 Å². The smallest absolute Gasteiger partial charge is 0.213 e. The van der Waals surface area contributed by atoms with Crippen LogP contribution in [0.25, 0.3) is 0 Å². The summed E-state index contributed by atoms with van der Waals surface area (Å²) in [5.74, 6) is 1.57. The summed E-state index contributed by atoms with van der Waals surface area (Å²) in [4.78, 5) is 4.10. The maximum absolute atomic E-state index is 5.68. The SMILES string of the molecule is C.CB(C)c1ccc(OCCCOc2ccccn2)cc1. The molecule has 3 nitrogen and oxygen atoms in total. The Kier molecular flexibility index (Phi) is 7.37. The second-order valence-corrected chi connectivity index (χ2v) is 4.94.